The summed E-state index contributed by atoms with van der Waals surface area (Å²) in [4.78, 5) is 13.7. The van der Waals surface area contributed by atoms with Gasteiger partial charge in [-0.1, -0.05) is 0 Å². The van der Waals surface area contributed by atoms with Crippen molar-refractivity contribution in [2.45, 2.75) is 19.4 Å². The molecule has 0 aliphatic heterocycles. The molecule has 4 nitrogen and oxygen atoms in total. The largest absolute Gasteiger partial charge is 0.493 e. The van der Waals surface area contributed by atoms with Crippen LogP contribution in [0.2, 0.25) is 0 Å². The van der Waals surface area contributed by atoms with E-state index in [0.717, 1.165) is 11.5 Å². The SMILES string of the molecule is CSCC(C)N(C)C(=O)CCOc1ccc(N)cc1. The maximum atomic E-state index is 11.9. The molecule has 19 heavy (non-hydrogen) atoms. The van der Waals surface area contributed by atoms with Crippen LogP contribution in [0.5, 0.6) is 5.75 Å². The van der Waals surface area contributed by atoms with Gasteiger partial charge in [0.05, 0.1) is 13.0 Å². The summed E-state index contributed by atoms with van der Waals surface area (Å²) in [5.41, 5.74) is 6.29. The van der Waals surface area contributed by atoms with E-state index in [1.807, 2.05) is 13.3 Å². The number of carbonyl (C=O) groups excluding carboxylic acids is 1. The van der Waals surface area contributed by atoms with Crippen LogP contribution in [0.25, 0.3) is 0 Å². The number of rotatable bonds is 7. The second kappa shape index (κ2) is 7.94. The predicted molar refractivity (Wildman–Crippen MR) is 81.6 cm³/mol. The Morgan fingerprint density at radius 1 is 1.42 bits per heavy atom. The molecule has 0 fully saturated rings. The molecule has 1 atom stereocenters. The van der Waals surface area contributed by atoms with Crippen molar-refractivity contribution in [3.8, 4) is 5.75 Å². The van der Waals surface area contributed by atoms with Crippen LogP contribution < -0.4 is 10.5 Å². The Bertz CT molecular complexity index is 395. The van der Waals surface area contributed by atoms with E-state index in [1.165, 1.54) is 0 Å². The number of carbonyl (C=O) groups is 1. The number of nitrogen functional groups attached to an aromatic ring is 1. The third-order valence-electron chi connectivity index (χ3n) is 2.93. The average molecular weight is 282 g/mol. The Morgan fingerprint density at radius 2 is 2.05 bits per heavy atom. The average Bonchev–Trinajstić information content (AvgIpc) is 2.40. The van der Waals surface area contributed by atoms with Gasteiger partial charge in [0.1, 0.15) is 5.75 Å². The van der Waals surface area contributed by atoms with Crippen LogP contribution in [-0.4, -0.2) is 42.5 Å². The summed E-state index contributed by atoms with van der Waals surface area (Å²) in [6, 6.07) is 7.42. The summed E-state index contributed by atoms with van der Waals surface area (Å²) in [5.74, 6) is 1.79. The van der Waals surface area contributed by atoms with Crippen molar-refractivity contribution < 1.29 is 9.53 Å². The molecule has 0 aliphatic rings. The molecule has 1 unspecified atom stereocenters. The van der Waals surface area contributed by atoms with Gasteiger partial charge >= 0.3 is 0 Å². The summed E-state index contributed by atoms with van der Waals surface area (Å²) in [7, 11) is 1.84. The summed E-state index contributed by atoms with van der Waals surface area (Å²) in [5, 5.41) is 0. The first-order valence-corrected chi connectivity index (χ1v) is 7.67. The molecule has 0 bridgehead atoms. The minimum Gasteiger partial charge on any atom is -0.493 e. The molecule has 5 heteroatoms. The first-order valence-electron chi connectivity index (χ1n) is 6.27. The number of amides is 1. The second-order valence-corrected chi connectivity index (χ2v) is 5.39. The highest BCUT2D eigenvalue weighted by Crippen LogP contribution is 2.13. The van der Waals surface area contributed by atoms with Gasteiger partial charge in [-0.2, -0.15) is 11.8 Å². The summed E-state index contributed by atoms with van der Waals surface area (Å²) >= 11 is 1.74. The van der Waals surface area contributed by atoms with E-state index in [2.05, 4.69) is 6.92 Å². The zero-order valence-corrected chi connectivity index (χ0v) is 12.6. The molecule has 0 aliphatic carbocycles. The molecule has 1 amide bonds. The fraction of sp³-hybridized carbons (Fsp3) is 0.500. The number of thioether (sulfide) groups is 1. The third-order valence-corrected chi connectivity index (χ3v) is 3.74. The molecule has 0 spiro atoms. The summed E-state index contributed by atoms with van der Waals surface area (Å²) in [6.45, 7) is 2.44. The van der Waals surface area contributed by atoms with Crippen LogP contribution in [0.1, 0.15) is 13.3 Å². The number of hydrogen-bond donors (Lipinski definition) is 1. The molecule has 1 aromatic carbocycles. The Labute approximate surface area is 119 Å². The predicted octanol–water partition coefficient (Wildman–Crippen LogP) is 2.25. The number of anilines is 1. The lowest BCUT2D eigenvalue weighted by Crippen LogP contribution is -2.37. The van der Waals surface area contributed by atoms with E-state index >= 15 is 0 Å². The van der Waals surface area contributed by atoms with Crippen molar-refractivity contribution in [1.29, 1.82) is 0 Å². The Balaban J connectivity index is 2.32. The molecule has 1 rings (SSSR count). The van der Waals surface area contributed by atoms with Crippen LogP contribution in [0.15, 0.2) is 24.3 Å². The van der Waals surface area contributed by atoms with E-state index in [0.29, 0.717) is 18.7 Å². The van der Waals surface area contributed by atoms with Crippen molar-refractivity contribution in [1.82, 2.24) is 4.90 Å². The first kappa shape index (κ1) is 15.7. The maximum Gasteiger partial charge on any atom is 0.226 e. The lowest BCUT2D eigenvalue weighted by molar-refractivity contribution is -0.131. The number of ether oxygens (including phenoxy) is 1. The number of benzene rings is 1. The van der Waals surface area contributed by atoms with Crippen LogP contribution >= 0.6 is 11.8 Å². The normalized spacial score (nSPS) is 11.9. The molecule has 106 valence electrons. The highest BCUT2D eigenvalue weighted by Gasteiger charge is 2.14. The van der Waals surface area contributed by atoms with Crippen molar-refractivity contribution in [3.05, 3.63) is 24.3 Å². The minimum atomic E-state index is 0.108. The highest BCUT2D eigenvalue weighted by molar-refractivity contribution is 7.98. The van der Waals surface area contributed by atoms with E-state index in [4.69, 9.17) is 10.5 Å². The lowest BCUT2D eigenvalue weighted by atomic mass is 10.3. The van der Waals surface area contributed by atoms with Gasteiger partial charge < -0.3 is 15.4 Å². The second-order valence-electron chi connectivity index (χ2n) is 4.48. The van der Waals surface area contributed by atoms with Gasteiger partial charge in [0.2, 0.25) is 5.91 Å². The molecule has 0 aromatic heterocycles. The topological polar surface area (TPSA) is 55.6 Å². The van der Waals surface area contributed by atoms with Crippen molar-refractivity contribution >= 4 is 23.4 Å². The van der Waals surface area contributed by atoms with Gasteiger partial charge in [-0.3, -0.25) is 4.79 Å². The third kappa shape index (κ3) is 5.42. The molecule has 0 saturated heterocycles. The van der Waals surface area contributed by atoms with Gasteiger partial charge in [0.25, 0.3) is 0 Å². The highest BCUT2D eigenvalue weighted by atomic mass is 32.2. The van der Waals surface area contributed by atoms with Crippen LogP contribution in [0.3, 0.4) is 0 Å². The van der Waals surface area contributed by atoms with Gasteiger partial charge in [0.15, 0.2) is 0 Å². The number of nitrogens with zero attached hydrogens (tertiary/aromatic N) is 1. The molecule has 0 saturated carbocycles. The zero-order valence-electron chi connectivity index (χ0n) is 11.8. The zero-order chi connectivity index (χ0) is 14.3. The molecule has 0 heterocycles. The molecular weight excluding hydrogens is 260 g/mol. The van der Waals surface area contributed by atoms with Crippen LogP contribution in [0, 0.1) is 0 Å². The Morgan fingerprint density at radius 3 is 2.63 bits per heavy atom. The van der Waals surface area contributed by atoms with Crippen molar-refractivity contribution in [3.63, 3.8) is 0 Å². The van der Waals surface area contributed by atoms with Gasteiger partial charge in [0, 0.05) is 24.5 Å². The minimum absolute atomic E-state index is 0.108. The van der Waals surface area contributed by atoms with E-state index in [-0.39, 0.29) is 11.9 Å². The lowest BCUT2D eigenvalue weighted by Gasteiger charge is -2.24. The van der Waals surface area contributed by atoms with E-state index < -0.39 is 0 Å². The number of hydrogen-bond acceptors (Lipinski definition) is 4. The van der Waals surface area contributed by atoms with Gasteiger partial charge in [-0.15, -0.1) is 0 Å². The molecular formula is C14H22N2O2S. The van der Waals surface area contributed by atoms with Crippen molar-refractivity contribution in [2.75, 3.05) is 31.4 Å². The summed E-state index contributed by atoms with van der Waals surface area (Å²) < 4.78 is 5.51. The first-order chi connectivity index (χ1) is 9.04. The van der Waals surface area contributed by atoms with Gasteiger partial charge in [-0.05, 0) is 37.4 Å². The Hall–Kier alpha value is -1.36. The molecule has 2 N–H and O–H groups in total. The quantitative estimate of drug-likeness (QED) is 0.779. The smallest absolute Gasteiger partial charge is 0.226 e. The van der Waals surface area contributed by atoms with E-state index in [1.54, 1.807) is 40.9 Å². The van der Waals surface area contributed by atoms with Gasteiger partial charge in [-0.25, -0.2) is 0 Å². The van der Waals surface area contributed by atoms with Crippen molar-refractivity contribution in [2.24, 2.45) is 0 Å². The maximum absolute atomic E-state index is 11.9. The Kier molecular flexibility index (Phi) is 6.56. The number of nitrogens with two attached hydrogens (primary N) is 1. The molecule has 0 radical (unpaired) electrons. The summed E-state index contributed by atoms with van der Waals surface area (Å²) in [6.07, 6.45) is 2.43. The van der Waals surface area contributed by atoms with Crippen LogP contribution in [-0.2, 0) is 4.79 Å². The van der Waals surface area contributed by atoms with Crippen LogP contribution in [0.4, 0.5) is 5.69 Å². The molecule has 1 aromatic rings. The van der Waals surface area contributed by atoms with E-state index in [9.17, 15) is 4.79 Å². The fourth-order valence-corrected chi connectivity index (χ4v) is 2.30. The standard InChI is InChI=1S/C14H22N2O2S/c1-11(10-19-3)16(2)14(17)8-9-18-13-6-4-12(15)5-7-13/h4-7,11H,8-10,15H2,1-3H3. The fourth-order valence-electron chi connectivity index (χ4n) is 1.60. The monoisotopic (exact) mass is 282 g/mol.